The van der Waals surface area contributed by atoms with E-state index in [0.717, 1.165) is 5.69 Å². The number of methoxy groups -OCH3 is 1. The van der Waals surface area contributed by atoms with Crippen molar-refractivity contribution in [3.63, 3.8) is 0 Å². The van der Waals surface area contributed by atoms with E-state index in [9.17, 15) is 9.59 Å². The van der Waals surface area contributed by atoms with E-state index in [2.05, 4.69) is 4.99 Å². The van der Waals surface area contributed by atoms with Crippen LogP contribution in [0.25, 0.3) is 0 Å². The van der Waals surface area contributed by atoms with Gasteiger partial charge in [0.1, 0.15) is 11.4 Å². The van der Waals surface area contributed by atoms with Crippen LogP contribution in [0.5, 0.6) is 5.75 Å². The molecule has 23 heavy (non-hydrogen) atoms. The van der Waals surface area contributed by atoms with Gasteiger partial charge in [-0.25, -0.2) is 14.7 Å². The van der Waals surface area contributed by atoms with Crippen LogP contribution >= 0.6 is 0 Å². The average molecular weight is 308 g/mol. The Labute approximate surface area is 132 Å². The van der Waals surface area contributed by atoms with Gasteiger partial charge in [-0.3, -0.25) is 9.69 Å². The number of rotatable bonds is 2. The highest BCUT2D eigenvalue weighted by atomic mass is 16.5. The number of hydrogen-bond acceptors (Lipinski definition) is 3. The molecule has 2 aromatic carbocycles. The fraction of sp³-hybridized carbons (Fsp3) is 0.118. The molecule has 1 N–H and O–H groups in total. The van der Waals surface area contributed by atoms with Crippen molar-refractivity contribution in [1.82, 2.24) is 0 Å². The maximum absolute atomic E-state index is 12.9. The number of benzene rings is 2. The zero-order chi connectivity index (χ0) is 16.0. The molecule has 1 unspecified atom stereocenters. The van der Waals surface area contributed by atoms with Crippen molar-refractivity contribution in [3.05, 3.63) is 48.5 Å². The fourth-order valence-electron chi connectivity index (χ4n) is 2.92. The van der Waals surface area contributed by atoms with Crippen LogP contribution in [0.15, 0.2) is 48.5 Å². The van der Waals surface area contributed by atoms with Gasteiger partial charge in [-0.1, -0.05) is 18.2 Å². The van der Waals surface area contributed by atoms with Gasteiger partial charge in [0.05, 0.1) is 12.8 Å². The van der Waals surface area contributed by atoms with Gasteiger partial charge in [0.2, 0.25) is 5.69 Å². The molecule has 0 radical (unpaired) electrons. The summed E-state index contributed by atoms with van der Waals surface area (Å²) < 4.78 is 5.18. The predicted octanol–water partition coefficient (Wildman–Crippen LogP) is 0.833. The van der Waals surface area contributed by atoms with Crippen LogP contribution in [0.3, 0.4) is 0 Å². The molecule has 2 aliphatic heterocycles. The third kappa shape index (κ3) is 1.92. The van der Waals surface area contributed by atoms with E-state index in [-0.39, 0.29) is 11.9 Å². The highest BCUT2D eigenvalue weighted by Gasteiger charge is 2.50. The molecule has 1 atom stereocenters. The number of carbonyl (C=O) groups excluding carboxylic acids is 2. The third-order valence-corrected chi connectivity index (χ3v) is 4.02. The topological polar surface area (TPSA) is 63.8 Å². The number of fused-ring (bicyclic) bond motifs is 3. The first kappa shape index (κ1) is 13.5. The Morgan fingerprint density at radius 2 is 1.91 bits per heavy atom. The SMILES string of the molecule is COc1cccc(N2C(=O)C3C=[NH+]c4ccccc4N3C2=O)c1. The number of imide groups is 1. The van der Waals surface area contributed by atoms with E-state index in [1.54, 1.807) is 37.6 Å². The lowest BCUT2D eigenvalue weighted by atomic mass is 10.1. The summed E-state index contributed by atoms with van der Waals surface area (Å²) in [6.07, 6.45) is 1.64. The summed E-state index contributed by atoms with van der Waals surface area (Å²) >= 11 is 0. The van der Waals surface area contributed by atoms with E-state index >= 15 is 0 Å². The first-order chi connectivity index (χ1) is 11.2. The second kappa shape index (κ2) is 4.95. The molecular weight excluding hydrogens is 294 g/mol. The molecule has 4 rings (SSSR count). The minimum atomic E-state index is -0.649. The summed E-state index contributed by atoms with van der Waals surface area (Å²) in [6, 6.07) is 13.3. The van der Waals surface area contributed by atoms with E-state index in [1.165, 1.54) is 9.80 Å². The number of nitrogens with zero attached hydrogens (tertiary/aromatic N) is 2. The van der Waals surface area contributed by atoms with Gasteiger partial charge < -0.3 is 4.74 Å². The normalized spacial score (nSPS) is 18.9. The Morgan fingerprint density at radius 3 is 2.74 bits per heavy atom. The first-order valence-corrected chi connectivity index (χ1v) is 7.21. The summed E-state index contributed by atoms with van der Waals surface area (Å²) in [5.41, 5.74) is 2.00. The molecule has 0 saturated carbocycles. The molecular formula is C17H14N3O3+. The smallest absolute Gasteiger partial charge is 0.337 e. The van der Waals surface area contributed by atoms with Gasteiger partial charge in [-0.05, 0) is 18.2 Å². The van der Waals surface area contributed by atoms with E-state index in [0.29, 0.717) is 17.1 Å². The third-order valence-electron chi connectivity index (χ3n) is 4.02. The number of hydrogen-bond donors (Lipinski definition) is 1. The summed E-state index contributed by atoms with van der Waals surface area (Å²) in [6.45, 7) is 0. The average Bonchev–Trinajstić information content (AvgIpc) is 2.86. The predicted molar refractivity (Wildman–Crippen MR) is 85.3 cm³/mol. The van der Waals surface area contributed by atoms with Crippen LogP contribution in [0, 0.1) is 0 Å². The molecule has 2 heterocycles. The Kier molecular flexibility index (Phi) is 2.90. The van der Waals surface area contributed by atoms with Gasteiger partial charge in [0.25, 0.3) is 5.91 Å². The Bertz CT molecular complexity index is 846. The van der Waals surface area contributed by atoms with Gasteiger partial charge in [0.15, 0.2) is 12.3 Å². The molecule has 0 bridgehead atoms. The van der Waals surface area contributed by atoms with Crippen molar-refractivity contribution in [3.8, 4) is 5.75 Å². The second-order valence-corrected chi connectivity index (χ2v) is 5.30. The lowest BCUT2D eigenvalue weighted by Crippen LogP contribution is -2.69. The zero-order valence-electron chi connectivity index (χ0n) is 12.4. The van der Waals surface area contributed by atoms with Crippen LogP contribution in [0.1, 0.15) is 0 Å². The number of urea groups is 1. The summed E-state index contributed by atoms with van der Waals surface area (Å²) in [5.74, 6) is 0.306. The molecule has 1 fully saturated rings. The van der Waals surface area contributed by atoms with E-state index in [1.807, 2.05) is 24.3 Å². The van der Waals surface area contributed by atoms with Gasteiger partial charge in [-0.15, -0.1) is 0 Å². The van der Waals surface area contributed by atoms with Crippen molar-refractivity contribution >= 4 is 35.2 Å². The van der Waals surface area contributed by atoms with Crippen molar-refractivity contribution in [2.24, 2.45) is 0 Å². The number of anilines is 2. The van der Waals surface area contributed by atoms with Gasteiger partial charge in [-0.2, -0.15) is 0 Å². The van der Waals surface area contributed by atoms with Crippen LogP contribution < -0.4 is 19.5 Å². The number of amides is 3. The van der Waals surface area contributed by atoms with Gasteiger partial charge >= 0.3 is 6.03 Å². The molecule has 6 heteroatoms. The second-order valence-electron chi connectivity index (χ2n) is 5.30. The minimum absolute atomic E-state index is 0.287. The summed E-state index contributed by atoms with van der Waals surface area (Å²) in [4.78, 5) is 31.4. The lowest BCUT2D eigenvalue weighted by molar-refractivity contribution is -0.350. The Morgan fingerprint density at radius 1 is 1.09 bits per heavy atom. The Hall–Kier alpha value is -3.15. The van der Waals surface area contributed by atoms with Crippen LogP contribution in [0.2, 0.25) is 0 Å². The van der Waals surface area contributed by atoms with Gasteiger partial charge in [0, 0.05) is 12.1 Å². The molecule has 114 valence electrons. The molecule has 6 nitrogen and oxygen atoms in total. The van der Waals surface area contributed by atoms with Crippen molar-refractivity contribution in [1.29, 1.82) is 0 Å². The number of ether oxygens (including phenoxy) is 1. The molecule has 0 aromatic heterocycles. The molecule has 0 aliphatic carbocycles. The number of para-hydroxylation sites is 2. The highest BCUT2D eigenvalue weighted by Crippen LogP contribution is 2.34. The largest absolute Gasteiger partial charge is 0.497 e. The Balaban J connectivity index is 1.80. The zero-order valence-corrected chi connectivity index (χ0v) is 12.4. The molecule has 2 aromatic rings. The summed E-state index contributed by atoms with van der Waals surface area (Å²) in [5, 5.41) is 0. The lowest BCUT2D eigenvalue weighted by Gasteiger charge is -2.20. The molecule has 2 aliphatic rings. The van der Waals surface area contributed by atoms with Crippen LogP contribution in [0.4, 0.5) is 21.9 Å². The van der Waals surface area contributed by atoms with Crippen molar-refractivity contribution in [2.45, 2.75) is 6.04 Å². The highest BCUT2D eigenvalue weighted by molar-refractivity contribution is 6.33. The maximum atomic E-state index is 12.9. The van der Waals surface area contributed by atoms with Crippen molar-refractivity contribution in [2.75, 3.05) is 16.9 Å². The fourth-order valence-corrected chi connectivity index (χ4v) is 2.92. The number of carbonyl (C=O) groups is 2. The molecule has 0 spiro atoms. The summed E-state index contributed by atoms with van der Waals surface area (Å²) in [7, 11) is 1.55. The first-order valence-electron chi connectivity index (χ1n) is 7.21. The standard InChI is InChI=1S/C17H13N3O3/c1-23-12-6-4-5-11(9-12)19-16(21)15-10-18-13-7-2-3-8-14(13)20(15)17(19)22/h2-10,15H,1H3/p+1. The van der Waals surface area contributed by atoms with Crippen LogP contribution in [-0.2, 0) is 4.79 Å². The maximum Gasteiger partial charge on any atom is 0.337 e. The van der Waals surface area contributed by atoms with E-state index < -0.39 is 6.04 Å². The number of nitrogens with one attached hydrogen (secondary N) is 1. The molecule has 3 amide bonds. The van der Waals surface area contributed by atoms with E-state index in [4.69, 9.17) is 4.74 Å². The molecule has 1 saturated heterocycles. The minimum Gasteiger partial charge on any atom is -0.497 e. The quantitative estimate of drug-likeness (QED) is 0.836. The van der Waals surface area contributed by atoms with Crippen molar-refractivity contribution < 1.29 is 19.3 Å². The monoisotopic (exact) mass is 308 g/mol. The van der Waals surface area contributed by atoms with Crippen LogP contribution in [-0.4, -0.2) is 31.3 Å².